The summed E-state index contributed by atoms with van der Waals surface area (Å²) in [5, 5.41) is 3.31. The monoisotopic (exact) mass is 392 g/mol. The molecule has 0 unspecified atom stereocenters. The molecule has 0 aliphatic carbocycles. The van der Waals surface area contributed by atoms with Gasteiger partial charge in [0.2, 0.25) is 17.8 Å². The van der Waals surface area contributed by atoms with Gasteiger partial charge in [-0.05, 0) is 44.2 Å². The predicted octanol–water partition coefficient (Wildman–Crippen LogP) is 3.09. The third-order valence-corrected chi connectivity index (χ3v) is 5.90. The number of nitrogens with zero attached hydrogens (tertiary/aromatic N) is 5. The van der Waals surface area contributed by atoms with Crippen molar-refractivity contribution in [1.29, 1.82) is 0 Å². The summed E-state index contributed by atoms with van der Waals surface area (Å²) in [5.41, 5.74) is 8.77. The minimum atomic E-state index is 0.538. The first kappa shape index (κ1) is 18.0. The van der Waals surface area contributed by atoms with Crippen LogP contribution in [-0.2, 0) is 0 Å². The fraction of sp³-hybridized carbons (Fsp3) is 0.476. The summed E-state index contributed by atoms with van der Waals surface area (Å²) in [7, 11) is 0. The van der Waals surface area contributed by atoms with Gasteiger partial charge in [-0.3, -0.25) is 5.43 Å². The largest absolute Gasteiger partial charge is 0.376 e. The Bertz CT molecular complexity index is 854. The van der Waals surface area contributed by atoms with Crippen molar-refractivity contribution in [3.05, 3.63) is 42.2 Å². The van der Waals surface area contributed by atoms with Crippen LogP contribution in [-0.4, -0.2) is 46.0 Å². The molecular weight excluding hydrogens is 364 g/mol. The highest BCUT2D eigenvalue weighted by Gasteiger charge is 2.27. The molecule has 1 aromatic heterocycles. The van der Waals surface area contributed by atoms with Crippen molar-refractivity contribution in [2.24, 2.45) is 5.92 Å². The number of para-hydroxylation sites is 1. The minimum absolute atomic E-state index is 0.538. The predicted molar refractivity (Wildman–Crippen MR) is 115 cm³/mol. The molecule has 0 saturated carbocycles. The summed E-state index contributed by atoms with van der Waals surface area (Å²) in [6, 6.07) is 10.0. The zero-order valence-corrected chi connectivity index (χ0v) is 16.6. The van der Waals surface area contributed by atoms with Crippen LogP contribution in [0.1, 0.15) is 32.1 Å². The lowest BCUT2D eigenvalue weighted by Gasteiger charge is -2.39. The average Bonchev–Trinajstić information content (AvgIpc) is 2.80. The molecule has 152 valence electrons. The molecule has 8 heteroatoms. The lowest BCUT2D eigenvalue weighted by atomic mass is 9.90. The third-order valence-electron chi connectivity index (χ3n) is 5.90. The van der Waals surface area contributed by atoms with E-state index >= 15 is 0 Å². The smallest absolute Gasteiger partial charge is 0.248 e. The van der Waals surface area contributed by atoms with Crippen LogP contribution in [0, 0.1) is 5.92 Å². The number of aromatic nitrogens is 3. The van der Waals surface area contributed by atoms with E-state index in [9.17, 15) is 0 Å². The lowest BCUT2D eigenvalue weighted by Crippen LogP contribution is -2.41. The average molecular weight is 393 g/mol. The van der Waals surface area contributed by atoms with Gasteiger partial charge in [0.25, 0.3) is 0 Å². The number of piperidine rings is 2. The second-order valence-corrected chi connectivity index (χ2v) is 7.97. The first-order valence-corrected chi connectivity index (χ1v) is 10.6. The van der Waals surface area contributed by atoms with E-state index < -0.39 is 0 Å². The Kier molecular flexibility index (Phi) is 5.06. The Labute approximate surface area is 171 Å². The maximum atomic E-state index is 4.69. The van der Waals surface area contributed by atoms with Gasteiger partial charge < -0.3 is 20.5 Å². The van der Waals surface area contributed by atoms with E-state index in [0.717, 1.165) is 37.8 Å². The highest BCUT2D eigenvalue weighted by molar-refractivity contribution is 5.55. The third kappa shape index (κ3) is 4.21. The molecule has 6 rings (SSSR count). The topological polar surface area (TPSA) is 81.2 Å². The molecule has 0 radical (unpaired) electrons. The van der Waals surface area contributed by atoms with Gasteiger partial charge in [-0.15, -0.1) is 0 Å². The number of rotatable bonds is 6. The molecule has 0 amide bonds. The molecule has 2 saturated heterocycles. The molecule has 2 fully saturated rings. The van der Waals surface area contributed by atoms with E-state index in [2.05, 4.69) is 42.1 Å². The Morgan fingerprint density at radius 1 is 0.793 bits per heavy atom. The van der Waals surface area contributed by atoms with E-state index in [1.807, 2.05) is 30.3 Å². The molecule has 0 atom stereocenters. The van der Waals surface area contributed by atoms with Crippen molar-refractivity contribution in [3.63, 3.8) is 0 Å². The van der Waals surface area contributed by atoms with Crippen LogP contribution in [0.4, 0.5) is 23.5 Å². The number of fused-ring (bicyclic) bond motifs is 2. The van der Waals surface area contributed by atoms with Gasteiger partial charge in [-0.1, -0.05) is 18.2 Å². The van der Waals surface area contributed by atoms with Crippen molar-refractivity contribution in [2.75, 3.05) is 41.8 Å². The number of hydrogen-bond acceptors (Lipinski definition) is 8. The molecule has 5 heterocycles. The standard InChI is InChI=1S/C21H28N8/c1-3-7-17(8-4-1)22-19-23-20(25-21(24-19)29-11-5-2-6-12-29)27-26-18-15-28-13-9-16(18)10-14-28/h1,3-4,7-8,15-16,26H,2,5-6,9-14H2,(H2,22,23,24,25,27). The number of hydrazine groups is 1. The minimum Gasteiger partial charge on any atom is -0.376 e. The van der Waals surface area contributed by atoms with Crippen LogP contribution in [0.15, 0.2) is 42.2 Å². The molecule has 29 heavy (non-hydrogen) atoms. The van der Waals surface area contributed by atoms with Crippen molar-refractivity contribution < 1.29 is 0 Å². The molecule has 3 N–H and O–H groups in total. The number of nitrogens with one attached hydrogen (secondary N) is 3. The summed E-state index contributed by atoms with van der Waals surface area (Å²) in [6.07, 6.45) is 8.27. The second kappa shape index (κ2) is 8.14. The maximum absolute atomic E-state index is 4.69. The molecule has 2 aromatic rings. The first-order valence-electron chi connectivity index (χ1n) is 10.6. The van der Waals surface area contributed by atoms with E-state index in [1.54, 1.807) is 0 Å². The van der Waals surface area contributed by atoms with Crippen LogP contribution in [0.3, 0.4) is 0 Å². The Hall–Kier alpha value is -3.03. The van der Waals surface area contributed by atoms with Gasteiger partial charge in [-0.25, -0.2) is 0 Å². The molecule has 8 nitrogen and oxygen atoms in total. The van der Waals surface area contributed by atoms with Crippen LogP contribution < -0.4 is 21.1 Å². The molecule has 4 aliphatic heterocycles. The normalized spacial score (nSPS) is 19.1. The summed E-state index contributed by atoms with van der Waals surface area (Å²) in [6.45, 7) is 4.30. The molecule has 0 spiro atoms. The van der Waals surface area contributed by atoms with Crippen LogP contribution in [0.25, 0.3) is 0 Å². The zero-order valence-electron chi connectivity index (χ0n) is 16.6. The van der Waals surface area contributed by atoms with Crippen molar-refractivity contribution in [1.82, 2.24) is 25.3 Å². The molecule has 2 bridgehead atoms. The fourth-order valence-electron chi connectivity index (χ4n) is 4.27. The fourth-order valence-corrected chi connectivity index (χ4v) is 4.27. The Balaban J connectivity index is 1.36. The van der Waals surface area contributed by atoms with Gasteiger partial charge in [0.1, 0.15) is 0 Å². The van der Waals surface area contributed by atoms with Crippen LogP contribution in [0.2, 0.25) is 0 Å². The number of hydrogen-bond donors (Lipinski definition) is 3. The van der Waals surface area contributed by atoms with E-state index in [1.165, 1.54) is 37.8 Å². The summed E-state index contributed by atoms with van der Waals surface area (Å²) >= 11 is 0. The quantitative estimate of drug-likeness (QED) is 0.647. The molecular formula is C21H28N8. The SMILES string of the molecule is C1=C(NNc2nc(Nc3ccccc3)nc(N3CCCCC3)n2)C2CCN1CC2. The van der Waals surface area contributed by atoms with Gasteiger partial charge in [-0.2, -0.15) is 15.0 Å². The van der Waals surface area contributed by atoms with Gasteiger partial charge in [0.05, 0.1) is 5.70 Å². The highest BCUT2D eigenvalue weighted by atomic mass is 15.4. The van der Waals surface area contributed by atoms with Crippen molar-refractivity contribution in [2.45, 2.75) is 32.1 Å². The number of allylic oxidation sites excluding steroid dienone is 1. The summed E-state index contributed by atoms with van der Waals surface area (Å²) < 4.78 is 0. The van der Waals surface area contributed by atoms with Gasteiger partial charge in [0.15, 0.2) is 0 Å². The Morgan fingerprint density at radius 2 is 1.55 bits per heavy atom. The van der Waals surface area contributed by atoms with Crippen molar-refractivity contribution >= 4 is 23.5 Å². The van der Waals surface area contributed by atoms with E-state index in [0.29, 0.717) is 17.8 Å². The maximum Gasteiger partial charge on any atom is 0.248 e. The van der Waals surface area contributed by atoms with E-state index in [-0.39, 0.29) is 0 Å². The highest BCUT2D eigenvalue weighted by Crippen LogP contribution is 2.29. The lowest BCUT2D eigenvalue weighted by molar-refractivity contribution is 0.223. The van der Waals surface area contributed by atoms with Crippen LogP contribution in [0.5, 0.6) is 0 Å². The second-order valence-electron chi connectivity index (χ2n) is 7.97. The summed E-state index contributed by atoms with van der Waals surface area (Å²) in [4.78, 5) is 18.6. The van der Waals surface area contributed by atoms with Crippen LogP contribution >= 0.6 is 0 Å². The first-order chi connectivity index (χ1) is 14.3. The van der Waals surface area contributed by atoms with Gasteiger partial charge >= 0.3 is 0 Å². The van der Waals surface area contributed by atoms with Crippen molar-refractivity contribution in [3.8, 4) is 0 Å². The molecule has 1 aromatic carbocycles. The zero-order chi connectivity index (χ0) is 19.5. The van der Waals surface area contributed by atoms with Gasteiger partial charge in [0, 0.05) is 44.0 Å². The number of benzene rings is 1. The Morgan fingerprint density at radius 3 is 2.28 bits per heavy atom. The summed E-state index contributed by atoms with van der Waals surface area (Å²) in [5.74, 6) is 2.42. The molecule has 4 aliphatic rings. The number of anilines is 4. The van der Waals surface area contributed by atoms with E-state index in [4.69, 9.17) is 4.98 Å².